The molecule has 0 spiro atoms. The van der Waals surface area contributed by atoms with Gasteiger partial charge >= 0.3 is 6.61 Å². The smallest absolute Gasteiger partial charge is 0.387 e. The number of nitrogens with one attached hydrogen (secondary N) is 1. The van der Waals surface area contributed by atoms with Crippen LogP contribution in [0, 0.1) is 0 Å². The van der Waals surface area contributed by atoms with Gasteiger partial charge in [0, 0.05) is 11.3 Å². The van der Waals surface area contributed by atoms with Crippen LogP contribution in [-0.4, -0.2) is 24.3 Å². The van der Waals surface area contributed by atoms with Crippen molar-refractivity contribution in [3.05, 3.63) is 29.8 Å². The van der Waals surface area contributed by atoms with Gasteiger partial charge in [-0.2, -0.15) is 8.78 Å². The van der Waals surface area contributed by atoms with Crippen LogP contribution >= 0.6 is 11.8 Å². The Bertz CT molecular complexity index is 449. The topological polar surface area (TPSA) is 38.3 Å². The summed E-state index contributed by atoms with van der Waals surface area (Å²) in [6, 6.07) is 6.90. The first-order valence-corrected chi connectivity index (χ1v) is 7.55. The molecule has 1 aromatic carbocycles. The summed E-state index contributed by atoms with van der Waals surface area (Å²) in [4.78, 5) is 11.6. The molecule has 1 fully saturated rings. The SMILES string of the molecule is C[C@@H](SCC(=O)NC1CC1)c1ccc(OC(F)F)cc1. The zero-order valence-electron chi connectivity index (χ0n) is 11.1. The van der Waals surface area contributed by atoms with Gasteiger partial charge in [-0.15, -0.1) is 11.8 Å². The van der Waals surface area contributed by atoms with Gasteiger partial charge in [-0.25, -0.2) is 0 Å². The maximum Gasteiger partial charge on any atom is 0.387 e. The molecule has 1 atom stereocenters. The Kier molecular flexibility index (Phi) is 5.23. The van der Waals surface area contributed by atoms with E-state index in [9.17, 15) is 13.6 Å². The van der Waals surface area contributed by atoms with E-state index in [0.29, 0.717) is 11.8 Å². The highest BCUT2D eigenvalue weighted by molar-refractivity contribution is 8.00. The molecule has 0 unspecified atom stereocenters. The Morgan fingerprint density at radius 1 is 1.40 bits per heavy atom. The molecule has 1 saturated carbocycles. The van der Waals surface area contributed by atoms with Gasteiger partial charge in [0.15, 0.2) is 0 Å². The molecule has 1 amide bonds. The fourth-order valence-electron chi connectivity index (χ4n) is 1.71. The van der Waals surface area contributed by atoms with Gasteiger partial charge in [0.1, 0.15) is 5.75 Å². The maximum atomic E-state index is 12.0. The molecule has 0 saturated heterocycles. The van der Waals surface area contributed by atoms with Crippen molar-refractivity contribution in [2.24, 2.45) is 0 Å². The lowest BCUT2D eigenvalue weighted by atomic mass is 10.2. The fourth-order valence-corrected chi connectivity index (χ4v) is 2.55. The molecule has 0 heterocycles. The number of rotatable bonds is 7. The van der Waals surface area contributed by atoms with E-state index in [1.165, 1.54) is 23.9 Å². The van der Waals surface area contributed by atoms with Crippen LogP contribution in [-0.2, 0) is 4.79 Å². The highest BCUT2D eigenvalue weighted by atomic mass is 32.2. The number of thioether (sulfide) groups is 1. The van der Waals surface area contributed by atoms with Crippen molar-refractivity contribution >= 4 is 17.7 Å². The van der Waals surface area contributed by atoms with Crippen molar-refractivity contribution in [3.63, 3.8) is 0 Å². The number of carbonyl (C=O) groups is 1. The van der Waals surface area contributed by atoms with Crippen molar-refractivity contribution in [1.29, 1.82) is 0 Å². The lowest BCUT2D eigenvalue weighted by Crippen LogP contribution is -2.27. The third-order valence-corrected chi connectivity index (χ3v) is 4.18. The van der Waals surface area contributed by atoms with E-state index in [1.54, 1.807) is 12.1 Å². The van der Waals surface area contributed by atoms with Crippen LogP contribution < -0.4 is 10.1 Å². The normalized spacial score (nSPS) is 16.0. The number of halogens is 2. The molecule has 110 valence electrons. The van der Waals surface area contributed by atoms with Gasteiger partial charge in [0.2, 0.25) is 5.91 Å². The largest absolute Gasteiger partial charge is 0.435 e. The molecule has 0 aliphatic heterocycles. The first-order chi connectivity index (χ1) is 9.54. The van der Waals surface area contributed by atoms with E-state index in [2.05, 4.69) is 10.1 Å². The van der Waals surface area contributed by atoms with Crippen molar-refractivity contribution in [2.75, 3.05) is 5.75 Å². The molecule has 0 bridgehead atoms. The second kappa shape index (κ2) is 6.92. The van der Waals surface area contributed by atoms with E-state index >= 15 is 0 Å². The summed E-state index contributed by atoms with van der Waals surface area (Å²) in [6.45, 7) is -0.823. The van der Waals surface area contributed by atoms with Gasteiger partial charge in [-0.3, -0.25) is 4.79 Å². The molecule has 2 rings (SSSR count). The highest BCUT2D eigenvalue weighted by Crippen LogP contribution is 2.29. The Labute approximate surface area is 121 Å². The van der Waals surface area contributed by atoms with Crippen molar-refractivity contribution in [3.8, 4) is 5.75 Å². The molecule has 1 aromatic rings. The summed E-state index contributed by atoms with van der Waals surface area (Å²) in [7, 11) is 0. The fraction of sp³-hybridized carbons (Fsp3) is 0.500. The Hall–Kier alpha value is -1.30. The van der Waals surface area contributed by atoms with Crippen molar-refractivity contribution < 1.29 is 18.3 Å². The van der Waals surface area contributed by atoms with Gasteiger partial charge < -0.3 is 10.1 Å². The van der Waals surface area contributed by atoms with Gasteiger partial charge in [0.05, 0.1) is 5.75 Å². The predicted molar refractivity (Wildman–Crippen MR) is 75.1 cm³/mol. The van der Waals surface area contributed by atoms with Gasteiger partial charge in [-0.05, 0) is 37.5 Å². The van der Waals surface area contributed by atoms with E-state index in [0.717, 1.165) is 18.4 Å². The first-order valence-electron chi connectivity index (χ1n) is 6.50. The number of amides is 1. The van der Waals surface area contributed by atoms with Gasteiger partial charge in [-0.1, -0.05) is 12.1 Å². The van der Waals surface area contributed by atoms with Crippen LogP contribution in [0.15, 0.2) is 24.3 Å². The lowest BCUT2D eigenvalue weighted by Gasteiger charge is -2.12. The minimum absolute atomic E-state index is 0.0574. The summed E-state index contributed by atoms with van der Waals surface area (Å²) in [5.74, 6) is 0.613. The van der Waals surface area contributed by atoms with Crippen LogP contribution in [0.25, 0.3) is 0 Å². The first kappa shape index (κ1) is 15.1. The molecule has 1 aliphatic rings. The number of carbonyl (C=O) groups excluding carboxylic acids is 1. The highest BCUT2D eigenvalue weighted by Gasteiger charge is 2.23. The second-order valence-electron chi connectivity index (χ2n) is 4.74. The predicted octanol–water partition coefficient (Wildman–Crippen LogP) is 3.36. The Morgan fingerprint density at radius 2 is 2.05 bits per heavy atom. The molecule has 1 N–H and O–H groups in total. The number of ether oxygens (including phenoxy) is 1. The average Bonchev–Trinajstić information content (AvgIpc) is 3.20. The van der Waals surface area contributed by atoms with Crippen LogP contribution in [0.4, 0.5) is 8.78 Å². The quantitative estimate of drug-likeness (QED) is 0.839. The van der Waals surface area contributed by atoms with Gasteiger partial charge in [0.25, 0.3) is 0 Å². The van der Waals surface area contributed by atoms with Crippen LogP contribution in [0.5, 0.6) is 5.75 Å². The van der Waals surface area contributed by atoms with E-state index < -0.39 is 6.61 Å². The Balaban J connectivity index is 1.78. The number of alkyl halides is 2. The third-order valence-electron chi connectivity index (χ3n) is 2.98. The lowest BCUT2D eigenvalue weighted by molar-refractivity contribution is -0.118. The van der Waals surface area contributed by atoms with Crippen LogP contribution in [0.3, 0.4) is 0 Å². The zero-order chi connectivity index (χ0) is 14.5. The summed E-state index contributed by atoms with van der Waals surface area (Å²) in [5.41, 5.74) is 0.982. The molecular formula is C14H17F2NO2S. The van der Waals surface area contributed by atoms with E-state index in [1.807, 2.05) is 6.92 Å². The molecule has 0 aromatic heterocycles. The van der Waals surface area contributed by atoms with Crippen molar-refractivity contribution in [1.82, 2.24) is 5.32 Å². The average molecular weight is 301 g/mol. The summed E-state index contributed by atoms with van der Waals surface area (Å²) in [5, 5.41) is 3.05. The Morgan fingerprint density at radius 3 is 2.60 bits per heavy atom. The minimum atomic E-state index is -2.81. The molecule has 3 nitrogen and oxygen atoms in total. The standard InChI is InChI=1S/C14H17F2NO2S/c1-9(20-8-13(18)17-11-4-5-11)10-2-6-12(7-3-10)19-14(15)16/h2-3,6-7,9,11,14H,4-5,8H2,1H3,(H,17,18)/t9-/m1/s1. The maximum absolute atomic E-state index is 12.0. The second-order valence-corrected chi connectivity index (χ2v) is 6.07. The van der Waals surface area contributed by atoms with Crippen LogP contribution in [0.1, 0.15) is 30.6 Å². The van der Waals surface area contributed by atoms with Crippen molar-refractivity contribution in [2.45, 2.75) is 37.7 Å². The third kappa shape index (κ3) is 5.00. The summed E-state index contributed by atoms with van der Waals surface area (Å²) >= 11 is 1.53. The molecule has 20 heavy (non-hydrogen) atoms. The minimum Gasteiger partial charge on any atom is -0.435 e. The van der Waals surface area contributed by atoms with E-state index in [-0.39, 0.29) is 16.9 Å². The number of hydrogen-bond donors (Lipinski definition) is 1. The zero-order valence-corrected chi connectivity index (χ0v) is 12.0. The molecule has 6 heteroatoms. The van der Waals surface area contributed by atoms with E-state index in [4.69, 9.17) is 0 Å². The molecule has 0 radical (unpaired) electrons. The monoisotopic (exact) mass is 301 g/mol. The van der Waals surface area contributed by atoms with Crippen LogP contribution in [0.2, 0.25) is 0 Å². The summed E-state index contributed by atoms with van der Waals surface area (Å²) < 4.78 is 28.3. The molecular weight excluding hydrogens is 284 g/mol. The number of benzene rings is 1. The summed E-state index contributed by atoms with van der Waals surface area (Å²) in [6.07, 6.45) is 2.16. The number of hydrogen-bond acceptors (Lipinski definition) is 3. The molecule has 1 aliphatic carbocycles.